The van der Waals surface area contributed by atoms with Gasteiger partial charge < -0.3 is 28.8 Å². The molecule has 0 spiro atoms. The molecule has 0 saturated carbocycles. The topological polar surface area (TPSA) is 108 Å². The molecule has 178 valence electrons. The molecule has 8 heteroatoms. The second kappa shape index (κ2) is 12.7. The quantitative estimate of drug-likeness (QED) is 0.247. The molecule has 32 heavy (non-hydrogen) atoms. The number of hydrogen-bond acceptors (Lipinski definition) is 8. The summed E-state index contributed by atoms with van der Waals surface area (Å²) in [4.78, 5) is 37.0. The number of aliphatic hydroxyl groups excluding tert-OH is 1. The van der Waals surface area contributed by atoms with Gasteiger partial charge in [-0.3, -0.25) is 4.79 Å². The first-order valence-electron chi connectivity index (χ1n) is 11.0. The molecule has 0 aromatic carbocycles. The first-order valence-corrected chi connectivity index (χ1v) is 11.0. The van der Waals surface area contributed by atoms with Crippen LogP contribution in [0.5, 0.6) is 0 Å². The molecule has 2 aliphatic rings. The highest BCUT2D eigenvalue weighted by atomic mass is 16.6. The standard InChI is InChI=1S/C24H34O8/c1-5-15(3)23(27)32-22-20-18(14-29-4)24(28)31-19(20)12-16(13-26)8-7-9-17(10-11-25)21(22)30-6-2/h5,9,11-12,18-22,26H,6-8,10,13-14H2,1-4H3. The zero-order valence-electron chi connectivity index (χ0n) is 19.2. The summed E-state index contributed by atoms with van der Waals surface area (Å²) < 4.78 is 22.9. The summed E-state index contributed by atoms with van der Waals surface area (Å²) in [6.07, 6.45) is 4.88. The second-order valence-corrected chi connectivity index (χ2v) is 7.93. The summed E-state index contributed by atoms with van der Waals surface area (Å²) in [5, 5.41) is 9.82. The molecule has 0 amide bonds. The van der Waals surface area contributed by atoms with Crippen molar-refractivity contribution < 1.29 is 38.4 Å². The molecule has 1 N–H and O–H groups in total. The number of methoxy groups -OCH3 is 1. The smallest absolute Gasteiger partial charge is 0.333 e. The number of ether oxygens (including phenoxy) is 4. The summed E-state index contributed by atoms with van der Waals surface area (Å²) in [6, 6.07) is 0. The minimum absolute atomic E-state index is 0.0739. The predicted octanol–water partition coefficient (Wildman–Crippen LogP) is 2.30. The van der Waals surface area contributed by atoms with Crippen LogP contribution in [0.3, 0.4) is 0 Å². The minimum Gasteiger partial charge on any atom is -0.457 e. The summed E-state index contributed by atoms with van der Waals surface area (Å²) in [5.74, 6) is -2.33. The number of aldehydes is 1. The van der Waals surface area contributed by atoms with E-state index < -0.39 is 42.1 Å². The van der Waals surface area contributed by atoms with Gasteiger partial charge in [-0.1, -0.05) is 12.2 Å². The van der Waals surface area contributed by atoms with E-state index in [2.05, 4.69) is 0 Å². The van der Waals surface area contributed by atoms with Gasteiger partial charge in [0, 0.05) is 25.7 Å². The third kappa shape index (κ3) is 6.15. The molecule has 8 nitrogen and oxygen atoms in total. The van der Waals surface area contributed by atoms with Crippen LogP contribution in [0.15, 0.2) is 34.9 Å². The van der Waals surface area contributed by atoms with Crippen LogP contribution in [0, 0.1) is 11.8 Å². The highest BCUT2D eigenvalue weighted by Gasteiger charge is 2.52. The van der Waals surface area contributed by atoms with Gasteiger partial charge in [0.2, 0.25) is 0 Å². The van der Waals surface area contributed by atoms with Gasteiger partial charge in [-0.05, 0) is 50.8 Å². The maximum absolute atomic E-state index is 12.8. The summed E-state index contributed by atoms with van der Waals surface area (Å²) >= 11 is 0. The molecule has 0 bridgehead atoms. The third-order valence-electron chi connectivity index (χ3n) is 5.93. The Bertz CT molecular complexity index is 766. The summed E-state index contributed by atoms with van der Waals surface area (Å²) in [6.45, 7) is 5.39. The Morgan fingerprint density at radius 3 is 2.72 bits per heavy atom. The zero-order chi connectivity index (χ0) is 23.7. The average Bonchev–Trinajstić information content (AvgIpc) is 3.08. The van der Waals surface area contributed by atoms with Gasteiger partial charge in [0.15, 0.2) is 0 Å². The van der Waals surface area contributed by atoms with Gasteiger partial charge in [0.05, 0.1) is 25.0 Å². The van der Waals surface area contributed by atoms with Crippen molar-refractivity contribution in [3.63, 3.8) is 0 Å². The largest absolute Gasteiger partial charge is 0.457 e. The highest BCUT2D eigenvalue weighted by molar-refractivity contribution is 5.88. The maximum Gasteiger partial charge on any atom is 0.333 e. The van der Waals surface area contributed by atoms with E-state index in [1.54, 1.807) is 26.0 Å². The monoisotopic (exact) mass is 450 g/mol. The van der Waals surface area contributed by atoms with Gasteiger partial charge in [0.25, 0.3) is 0 Å². The van der Waals surface area contributed by atoms with Crippen molar-refractivity contribution in [1.82, 2.24) is 0 Å². The first-order chi connectivity index (χ1) is 15.4. The van der Waals surface area contributed by atoms with Crippen molar-refractivity contribution in [2.24, 2.45) is 11.8 Å². The molecule has 0 aromatic heterocycles. The van der Waals surface area contributed by atoms with E-state index in [4.69, 9.17) is 18.9 Å². The fourth-order valence-electron chi connectivity index (χ4n) is 4.18. The van der Waals surface area contributed by atoms with E-state index in [9.17, 15) is 19.5 Å². The number of carbonyl (C=O) groups excluding carboxylic acids is 3. The van der Waals surface area contributed by atoms with E-state index in [0.717, 1.165) is 6.29 Å². The maximum atomic E-state index is 12.8. The zero-order valence-corrected chi connectivity index (χ0v) is 19.2. The van der Waals surface area contributed by atoms with Crippen molar-refractivity contribution in [2.75, 3.05) is 26.9 Å². The Labute approximate surface area is 189 Å². The number of carbonyl (C=O) groups is 3. The molecule has 0 radical (unpaired) electrons. The second-order valence-electron chi connectivity index (χ2n) is 7.93. The molecule has 1 heterocycles. The van der Waals surface area contributed by atoms with Crippen LogP contribution >= 0.6 is 0 Å². The van der Waals surface area contributed by atoms with Crippen LogP contribution in [-0.4, -0.2) is 68.6 Å². The molecular formula is C24H34O8. The lowest BCUT2D eigenvalue weighted by Gasteiger charge is -2.35. The molecule has 2 rings (SSSR count). The number of esters is 2. The molecule has 1 aliphatic carbocycles. The van der Waals surface area contributed by atoms with E-state index >= 15 is 0 Å². The normalized spacial score (nSPS) is 28.8. The number of aliphatic hydroxyl groups is 1. The Balaban J connectivity index is 2.66. The molecular weight excluding hydrogens is 416 g/mol. The van der Waals surface area contributed by atoms with Gasteiger partial charge in [0.1, 0.15) is 24.6 Å². The van der Waals surface area contributed by atoms with Crippen molar-refractivity contribution in [1.29, 1.82) is 0 Å². The minimum atomic E-state index is -0.908. The van der Waals surface area contributed by atoms with E-state index in [-0.39, 0.29) is 19.6 Å². The number of fused-ring (bicyclic) bond motifs is 1. The molecule has 1 aliphatic heterocycles. The van der Waals surface area contributed by atoms with Crippen molar-refractivity contribution in [3.05, 3.63) is 34.9 Å². The lowest BCUT2D eigenvalue weighted by atomic mass is 9.79. The Morgan fingerprint density at radius 2 is 2.12 bits per heavy atom. The Morgan fingerprint density at radius 1 is 1.38 bits per heavy atom. The van der Waals surface area contributed by atoms with Gasteiger partial charge >= 0.3 is 11.9 Å². The van der Waals surface area contributed by atoms with Crippen molar-refractivity contribution in [2.45, 2.75) is 58.3 Å². The van der Waals surface area contributed by atoms with E-state index in [1.165, 1.54) is 7.11 Å². The fraction of sp³-hybridized carbons (Fsp3) is 0.625. The summed E-state index contributed by atoms with van der Waals surface area (Å²) in [5.41, 5.74) is 1.79. The number of rotatable bonds is 9. The fourth-order valence-corrected chi connectivity index (χ4v) is 4.18. The van der Waals surface area contributed by atoms with Crippen LogP contribution in [0.25, 0.3) is 0 Å². The molecule has 5 atom stereocenters. The first kappa shape index (κ1) is 26.0. The summed E-state index contributed by atoms with van der Waals surface area (Å²) in [7, 11) is 1.48. The average molecular weight is 451 g/mol. The molecule has 1 saturated heterocycles. The van der Waals surface area contributed by atoms with Crippen LogP contribution in [0.2, 0.25) is 0 Å². The third-order valence-corrected chi connectivity index (χ3v) is 5.93. The number of hydrogen-bond donors (Lipinski definition) is 1. The molecule has 1 fully saturated rings. The van der Waals surface area contributed by atoms with E-state index in [0.29, 0.717) is 36.2 Å². The van der Waals surface area contributed by atoms with Gasteiger partial charge in [-0.15, -0.1) is 0 Å². The van der Waals surface area contributed by atoms with Crippen molar-refractivity contribution in [3.8, 4) is 0 Å². The Kier molecular flexibility index (Phi) is 10.3. The van der Waals surface area contributed by atoms with Crippen LogP contribution in [0.4, 0.5) is 0 Å². The van der Waals surface area contributed by atoms with Gasteiger partial charge in [-0.2, -0.15) is 0 Å². The van der Waals surface area contributed by atoms with Crippen LogP contribution < -0.4 is 0 Å². The molecule has 5 unspecified atom stereocenters. The van der Waals surface area contributed by atoms with Gasteiger partial charge in [-0.25, -0.2) is 4.79 Å². The van der Waals surface area contributed by atoms with Crippen molar-refractivity contribution >= 4 is 18.2 Å². The SMILES string of the molecule is CC=C(C)C(=O)OC1C(OCC)C(CC=O)=CCCC(CO)=CC2OC(=O)C(COC)C21. The van der Waals surface area contributed by atoms with E-state index in [1.807, 2.05) is 13.0 Å². The predicted molar refractivity (Wildman–Crippen MR) is 117 cm³/mol. The number of allylic oxidation sites excluding steroid dienone is 2. The lowest BCUT2D eigenvalue weighted by Crippen LogP contribution is -2.47. The Hall–Kier alpha value is -2.29. The molecule has 0 aromatic rings. The van der Waals surface area contributed by atoms with Crippen LogP contribution in [0.1, 0.15) is 40.0 Å². The highest BCUT2D eigenvalue weighted by Crippen LogP contribution is 2.39. The lowest BCUT2D eigenvalue weighted by molar-refractivity contribution is -0.159. The van der Waals surface area contributed by atoms with Crippen LogP contribution in [-0.2, 0) is 33.3 Å².